The summed E-state index contributed by atoms with van der Waals surface area (Å²) in [7, 11) is 0. The predicted octanol–water partition coefficient (Wildman–Crippen LogP) is 5.51. The summed E-state index contributed by atoms with van der Waals surface area (Å²) in [5, 5.41) is -0.407. The van der Waals surface area contributed by atoms with E-state index in [9.17, 15) is 70.2 Å². The number of aromatic nitrogens is 1. The van der Waals surface area contributed by atoms with Gasteiger partial charge in [-0.3, -0.25) is 0 Å². The molecule has 0 aliphatic heterocycles. The van der Waals surface area contributed by atoms with Gasteiger partial charge in [0.2, 0.25) is 17.2 Å². The molecule has 0 saturated heterocycles. The highest BCUT2D eigenvalue weighted by molar-refractivity contribution is 5.88. The Morgan fingerprint density at radius 3 is 1.24 bits per heavy atom. The van der Waals surface area contributed by atoms with Crippen LogP contribution in [-0.2, 0) is 0 Å². The van der Waals surface area contributed by atoms with Gasteiger partial charge < -0.3 is 24.0 Å². The van der Waals surface area contributed by atoms with Gasteiger partial charge in [-0.25, -0.2) is 17.6 Å². The quantitative estimate of drug-likeness (QED) is 0.112. The summed E-state index contributed by atoms with van der Waals surface area (Å²) >= 11 is 0. The summed E-state index contributed by atoms with van der Waals surface area (Å²) in [5.41, 5.74) is -1.47. The van der Waals surface area contributed by atoms with E-state index in [0.29, 0.717) is 0 Å². The van der Waals surface area contributed by atoms with Gasteiger partial charge in [-0.05, 0) is 18.2 Å². The molecule has 3 aromatic rings. The topological polar surface area (TPSA) is 3.88 Å². The number of benzene rings is 2. The molecule has 1 heterocycles. The van der Waals surface area contributed by atoms with Gasteiger partial charge in [0.1, 0.15) is 0 Å². The standard InChI is InChI=1S/C23H13F17N.HI/c24-14(16(26)27)15(25)18(29,30)20(33,34)22(37,38)23(39,40)21(35,36)19(31,32)17(28)41-12-7-3-1-5-10(12)9-11-6-2-4-8-13(11)41;/h1-9,14-17H;1H/q+1;/p-1. The summed E-state index contributed by atoms with van der Waals surface area (Å²) in [5.74, 6) is -47.7. The van der Waals surface area contributed by atoms with E-state index in [-0.39, 0.29) is 39.3 Å². The van der Waals surface area contributed by atoms with Gasteiger partial charge in [0.15, 0.2) is 6.17 Å². The first kappa shape index (κ1) is 35.8. The minimum absolute atomic E-state index is 0. The summed E-state index contributed by atoms with van der Waals surface area (Å²) < 4.78 is 236. The zero-order valence-electron chi connectivity index (χ0n) is 19.8. The molecule has 3 rings (SSSR count). The smallest absolute Gasteiger partial charge is 0.407 e. The van der Waals surface area contributed by atoms with Crippen LogP contribution >= 0.6 is 0 Å². The molecule has 1 nitrogen and oxygen atoms in total. The number of alkyl halides is 17. The highest BCUT2D eigenvalue weighted by Crippen LogP contribution is 2.62. The van der Waals surface area contributed by atoms with Crippen LogP contribution in [0.3, 0.4) is 0 Å². The normalized spacial score (nSPS) is 16.4. The number of pyridine rings is 1. The largest absolute Gasteiger partial charge is 1.00 e. The molecule has 0 saturated carbocycles. The van der Waals surface area contributed by atoms with Crippen LogP contribution in [0, 0.1) is 0 Å². The Labute approximate surface area is 240 Å². The molecule has 236 valence electrons. The zero-order valence-corrected chi connectivity index (χ0v) is 21.9. The maximum Gasteiger partial charge on any atom is 0.407 e. The van der Waals surface area contributed by atoms with Crippen molar-refractivity contribution in [3.05, 3.63) is 54.6 Å². The zero-order chi connectivity index (χ0) is 31.6. The Balaban J connectivity index is 0.00000616. The lowest BCUT2D eigenvalue weighted by atomic mass is 9.88. The van der Waals surface area contributed by atoms with Gasteiger partial charge in [0.05, 0.1) is 0 Å². The fourth-order valence-electron chi connectivity index (χ4n) is 3.83. The second-order valence-corrected chi connectivity index (χ2v) is 8.69. The minimum Gasteiger partial charge on any atom is -1.00 e. The monoisotopic (exact) mass is 753 g/mol. The fourth-order valence-corrected chi connectivity index (χ4v) is 3.83. The third-order valence-electron chi connectivity index (χ3n) is 6.12. The van der Waals surface area contributed by atoms with Crippen molar-refractivity contribution in [1.82, 2.24) is 0 Å². The SMILES string of the molecule is FC(F)C(F)C(F)C(F)(F)C(F)(F)C(F)(F)C(F)(F)C(F)(F)C(F)(F)C(F)[n+]1c2ccccc2cc2ccccc21.[I-]. The number of halogens is 18. The van der Waals surface area contributed by atoms with Crippen molar-refractivity contribution in [2.45, 2.75) is 60.6 Å². The van der Waals surface area contributed by atoms with E-state index in [2.05, 4.69) is 0 Å². The molecule has 42 heavy (non-hydrogen) atoms. The summed E-state index contributed by atoms with van der Waals surface area (Å²) in [6, 6.07) is 9.46. The summed E-state index contributed by atoms with van der Waals surface area (Å²) in [6.07, 6.45) is -20.5. The Kier molecular flexibility index (Phi) is 9.64. The maximum absolute atomic E-state index is 15.3. The highest BCUT2D eigenvalue weighted by Gasteiger charge is 2.93. The van der Waals surface area contributed by atoms with Crippen LogP contribution in [0.2, 0.25) is 0 Å². The number of rotatable bonds is 10. The van der Waals surface area contributed by atoms with Crippen LogP contribution in [0.1, 0.15) is 6.30 Å². The average molecular weight is 753 g/mol. The van der Waals surface area contributed by atoms with Crippen molar-refractivity contribution >= 4 is 21.8 Å². The number of fused-ring (bicyclic) bond motifs is 2. The molecule has 0 N–H and O–H groups in total. The van der Waals surface area contributed by atoms with Crippen LogP contribution < -0.4 is 28.5 Å². The number of para-hydroxylation sites is 2. The molecule has 3 atom stereocenters. The van der Waals surface area contributed by atoms with Gasteiger partial charge in [-0.2, -0.15) is 61.6 Å². The van der Waals surface area contributed by atoms with Gasteiger partial charge >= 0.3 is 41.8 Å². The summed E-state index contributed by atoms with van der Waals surface area (Å²) in [6.45, 7) is 0. The molecule has 3 unspecified atom stereocenters. The Bertz CT molecular complexity index is 1360. The molecule has 0 radical (unpaired) electrons. The first-order valence-electron chi connectivity index (χ1n) is 10.8. The van der Waals surface area contributed by atoms with Crippen LogP contribution in [0.4, 0.5) is 74.6 Å². The number of hydrogen-bond donors (Lipinski definition) is 0. The highest BCUT2D eigenvalue weighted by atomic mass is 127. The maximum atomic E-state index is 15.3. The third-order valence-corrected chi connectivity index (χ3v) is 6.12. The second kappa shape index (κ2) is 11.3. The second-order valence-electron chi connectivity index (χ2n) is 8.69. The lowest BCUT2D eigenvalue weighted by Crippen LogP contribution is -3.00. The Morgan fingerprint density at radius 2 is 0.857 bits per heavy atom. The van der Waals surface area contributed by atoms with Crippen LogP contribution in [-0.4, -0.2) is 54.3 Å². The fraction of sp³-hybridized carbons (Fsp3) is 0.435. The predicted molar refractivity (Wildman–Crippen MR) is 107 cm³/mol. The first-order valence-corrected chi connectivity index (χ1v) is 10.8. The lowest BCUT2D eigenvalue weighted by Gasteiger charge is -2.41. The van der Waals surface area contributed by atoms with Gasteiger partial charge in [0.25, 0.3) is 6.43 Å². The van der Waals surface area contributed by atoms with Crippen molar-refractivity contribution in [2.24, 2.45) is 0 Å². The Hall–Kier alpha value is -2.35. The van der Waals surface area contributed by atoms with Gasteiger partial charge in [-0.15, -0.1) is 0 Å². The van der Waals surface area contributed by atoms with E-state index < -0.39 is 71.6 Å². The molecule has 2 aromatic carbocycles. The van der Waals surface area contributed by atoms with Gasteiger partial charge in [0, 0.05) is 22.9 Å². The van der Waals surface area contributed by atoms with E-state index in [4.69, 9.17) is 0 Å². The molecule has 0 aliphatic rings. The molecule has 0 amide bonds. The lowest BCUT2D eigenvalue weighted by molar-refractivity contribution is -0.730. The van der Waals surface area contributed by atoms with Crippen LogP contribution in [0.5, 0.6) is 0 Å². The first-order chi connectivity index (χ1) is 18.5. The molecule has 0 aliphatic carbocycles. The Morgan fingerprint density at radius 1 is 0.500 bits per heavy atom. The molecule has 1 aromatic heterocycles. The molecule has 19 heteroatoms. The van der Waals surface area contributed by atoms with Crippen molar-refractivity contribution in [3.63, 3.8) is 0 Å². The van der Waals surface area contributed by atoms with E-state index in [0.717, 1.165) is 36.4 Å². The molecular formula is C23H13F17IN. The summed E-state index contributed by atoms with van der Waals surface area (Å²) in [4.78, 5) is 0. The molecule has 0 spiro atoms. The van der Waals surface area contributed by atoms with Crippen LogP contribution in [0.25, 0.3) is 21.8 Å². The number of nitrogens with zero attached hydrogens (tertiary/aromatic N) is 1. The van der Waals surface area contributed by atoms with E-state index in [1.165, 1.54) is 18.2 Å². The molecular weight excluding hydrogens is 740 g/mol. The molecule has 0 fully saturated rings. The van der Waals surface area contributed by atoms with Crippen molar-refractivity contribution < 1.29 is 103 Å². The van der Waals surface area contributed by atoms with E-state index in [1.807, 2.05) is 0 Å². The average Bonchev–Trinajstić information content (AvgIpc) is 2.89. The van der Waals surface area contributed by atoms with Crippen LogP contribution in [0.15, 0.2) is 54.6 Å². The van der Waals surface area contributed by atoms with E-state index in [1.54, 1.807) is 0 Å². The number of hydrogen-bond acceptors (Lipinski definition) is 0. The third kappa shape index (κ3) is 4.99. The van der Waals surface area contributed by atoms with Crippen molar-refractivity contribution in [3.8, 4) is 0 Å². The van der Waals surface area contributed by atoms with Gasteiger partial charge in [-0.1, -0.05) is 24.3 Å². The minimum atomic E-state index is -8.42. The molecule has 0 bridgehead atoms. The van der Waals surface area contributed by atoms with Crippen molar-refractivity contribution in [2.75, 3.05) is 0 Å². The van der Waals surface area contributed by atoms with E-state index >= 15 is 4.39 Å². The van der Waals surface area contributed by atoms with Crippen molar-refractivity contribution in [1.29, 1.82) is 0 Å².